The van der Waals surface area contributed by atoms with E-state index in [1.165, 1.54) is 0 Å². The number of anilines is 1. The molecule has 0 radical (unpaired) electrons. The number of nitrogens with one attached hydrogen (secondary N) is 1. The highest BCUT2D eigenvalue weighted by Gasteiger charge is 2.38. The summed E-state index contributed by atoms with van der Waals surface area (Å²) in [5.41, 5.74) is 0.627. The largest absolute Gasteiger partial charge is 0.471 e. The van der Waals surface area contributed by atoms with E-state index in [0.717, 1.165) is 11.3 Å². The molecular weight excluding hydrogens is 203 g/mol. The zero-order chi connectivity index (χ0) is 10.1. The van der Waals surface area contributed by atoms with Crippen molar-refractivity contribution in [2.75, 3.05) is 5.32 Å². The molecule has 0 spiro atoms. The Bertz CT molecular complexity index is 318. The maximum atomic E-state index is 11.8. The molecule has 1 heterocycles. The zero-order valence-electron chi connectivity index (χ0n) is 6.61. The van der Waals surface area contributed by atoms with E-state index in [1.54, 1.807) is 23.7 Å². The summed E-state index contributed by atoms with van der Waals surface area (Å²) < 4.78 is 35.3. The molecule has 72 valence electrons. The maximum absolute atomic E-state index is 11.8. The fourth-order valence-corrected chi connectivity index (χ4v) is 1.49. The predicted octanol–water partition coefficient (Wildman–Crippen LogP) is 2.56. The highest BCUT2D eigenvalue weighted by molar-refractivity contribution is 7.14. The average molecular weight is 209 g/mol. The van der Waals surface area contributed by atoms with Crippen LogP contribution in [0.5, 0.6) is 0 Å². The molecule has 0 bridgehead atoms. The summed E-state index contributed by atoms with van der Waals surface area (Å²) in [6, 6.07) is 1.64. The number of rotatable bonds is 1. The van der Waals surface area contributed by atoms with E-state index in [2.05, 4.69) is 0 Å². The molecular formula is C7H6F3NOS. The van der Waals surface area contributed by atoms with Crippen molar-refractivity contribution >= 4 is 22.2 Å². The van der Waals surface area contributed by atoms with Gasteiger partial charge in [-0.05, 0) is 23.9 Å². The minimum atomic E-state index is -4.82. The smallest absolute Gasteiger partial charge is 0.310 e. The Morgan fingerprint density at radius 1 is 1.54 bits per heavy atom. The molecule has 0 aliphatic rings. The van der Waals surface area contributed by atoms with Gasteiger partial charge in [0, 0.05) is 0 Å². The van der Waals surface area contributed by atoms with Crippen LogP contribution in [0.2, 0.25) is 0 Å². The van der Waals surface area contributed by atoms with Gasteiger partial charge in [0.05, 0.1) is 5.00 Å². The topological polar surface area (TPSA) is 29.1 Å². The SMILES string of the molecule is Cc1ccsc1NC(=O)C(F)(F)F. The molecule has 0 aliphatic heterocycles. The van der Waals surface area contributed by atoms with Gasteiger partial charge in [0.1, 0.15) is 0 Å². The maximum Gasteiger partial charge on any atom is 0.471 e. The van der Waals surface area contributed by atoms with Gasteiger partial charge in [-0.15, -0.1) is 11.3 Å². The second-order valence-corrected chi connectivity index (χ2v) is 3.30. The molecule has 0 saturated carbocycles. The molecule has 1 aromatic rings. The highest BCUT2D eigenvalue weighted by Crippen LogP contribution is 2.24. The minimum absolute atomic E-state index is 0.238. The van der Waals surface area contributed by atoms with Crippen LogP contribution >= 0.6 is 11.3 Å². The van der Waals surface area contributed by atoms with Crippen molar-refractivity contribution in [1.82, 2.24) is 0 Å². The lowest BCUT2D eigenvalue weighted by molar-refractivity contribution is -0.167. The first-order valence-electron chi connectivity index (χ1n) is 3.33. The van der Waals surface area contributed by atoms with Gasteiger partial charge in [0.25, 0.3) is 0 Å². The Morgan fingerprint density at radius 3 is 2.54 bits per heavy atom. The van der Waals surface area contributed by atoms with Crippen LogP contribution in [0.15, 0.2) is 11.4 Å². The first-order chi connectivity index (χ1) is 5.91. The van der Waals surface area contributed by atoms with E-state index in [0.29, 0.717) is 5.56 Å². The molecule has 1 rings (SSSR count). The number of halogens is 3. The highest BCUT2D eigenvalue weighted by atomic mass is 32.1. The number of carbonyl (C=O) groups is 1. The molecule has 0 aliphatic carbocycles. The van der Waals surface area contributed by atoms with Gasteiger partial charge >= 0.3 is 12.1 Å². The number of thiophene rings is 1. The lowest BCUT2D eigenvalue weighted by Crippen LogP contribution is -2.29. The molecule has 0 aromatic carbocycles. The second kappa shape index (κ2) is 3.37. The normalized spacial score (nSPS) is 11.4. The van der Waals surface area contributed by atoms with Crippen molar-refractivity contribution in [1.29, 1.82) is 0 Å². The van der Waals surface area contributed by atoms with Gasteiger partial charge < -0.3 is 5.32 Å². The average Bonchev–Trinajstić information content (AvgIpc) is 2.34. The van der Waals surface area contributed by atoms with Crippen LogP contribution in [0, 0.1) is 6.92 Å². The minimum Gasteiger partial charge on any atom is -0.310 e. The Kier molecular flexibility index (Phi) is 2.60. The van der Waals surface area contributed by atoms with E-state index in [4.69, 9.17) is 0 Å². The monoisotopic (exact) mass is 209 g/mol. The summed E-state index contributed by atoms with van der Waals surface area (Å²) in [4.78, 5) is 10.5. The summed E-state index contributed by atoms with van der Waals surface area (Å²) in [7, 11) is 0. The van der Waals surface area contributed by atoms with Crippen molar-refractivity contribution < 1.29 is 18.0 Å². The van der Waals surface area contributed by atoms with Crippen LogP contribution in [-0.4, -0.2) is 12.1 Å². The Morgan fingerprint density at radius 2 is 2.15 bits per heavy atom. The summed E-state index contributed by atoms with van der Waals surface area (Å²) in [6.07, 6.45) is -4.82. The number of amides is 1. The van der Waals surface area contributed by atoms with Gasteiger partial charge in [-0.1, -0.05) is 0 Å². The van der Waals surface area contributed by atoms with Crippen molar-refractivity contribution in [3.63, 3.8) is 0 Å². The number of carbonyl (C=O) groups excluding carboxylic acids is 1. The van der Waals surface area contributed by atoms with E-state index >= 15 is 0 Å². The molecule has 0 atom stereocenters. The fraction of sp³-hybridized carbons (Fsp3) is 0.286. The lowest BCUT2D eigenvalue weighted by Gasteiger charge is -2.06. The second-order valence-electron chi connectivity index (χ2n) is 2.38. The first kappa shape index (κ1) is 10.0. The number of hydrogen-bond donors (Lipinski definition) is 1. The van der Waals surface area contributed by atoms with Crippen molar-refractivity contribution in [2.45, 2.75) is 13.1 Å². The Hall–Kier alpha value is -1.04. The predicted molar refractivity (Wildman–Crippen MR) is 43.7 cm³/mol. The zero-order valence-corrected chi connectivity index (χ0v) is 7.42. The molecule has 0 unspecified atom stereocenters. The molecule has 0 saturated heterocycles. The van der Waals surface area contributed by atoms with Gasteiger partial charge in [0.2, 0.25) is 0 Å². The lowest BCUT2D eigenvalue weighted by atomic mass is 10.3. The summed E-state index contributed by atoms with van der Waals surface area (Å²) in [6.45, 7) is 1.63. The third-order valence-electron chi connectivity index (χ3n) is 1.35. The van der Waals surface area contributed by atoms with Crippen LogP contribution < -0.4 is 5.32 Å². The molecule has 13 heavy (non-hydrogen) atoms. The Balaban J connectivity index is 2.71. The fourth-order valence-electron chi connectivity index (χ4n) is 0.675. The number of aryl methyl sites for hydroxylation is 1. The first-order valence-corrected chi connectivity index (χ1v) is 4.21. The van der Waals surface area contributed by atoms with Crippen molar-refractivity contribution in [2.24, 2.45) is 0 Å². The van der Waals surface area contributed by atoms with Gasteiger partial charge in [-0.3, -0.25) is 4.79 Å². The third kappa shape index (κ3) is 2.45. The molecule has 1 aromatic heterocycles. The van der Waals surface area contributed by atoms with E-state index in [1.807, 2.05) is 0 Å². The van der Waals surface area contributed by atoms with Gasteiger partial charge in [-0.2, -0.15) is 13.2 Å². The van der Waals surface area contributed by atoms with E-state index < -0.39 is 12.1 Å². The van der Waals surface area contributed by atoms with Crippen LogP contribution in [0.3, 0.4) is 0 Å². The molecule has 0 fully saturated rings. The van der Waals surface area contributed by atoms with Crippen molar-refractivity contribution in [3.8, 4) is 0 Å². The quantitative estimate of drug-likeness (QED) is 0.756. The van der Waals surface area contributed by atoms with Crippen LogP contribution in [0.25, 0.3) is 0 Å². The molecule has 1 amide bonds. The standard InChI is InChI=1S/C7H6F3NOS/c1-4-2-3-13-5(4)11-6(12)7(8,9)10/h2-3H,1H3,(H,11,12). The van der Waals surface area contributed by atoms with Crippen LogP contribution in [-0.2, 0) is 4.79 Å². The number of hydrogen-bond acceptors (Lipinski definition) is 2. The molecule has 1 N–H and O–H groups in total. The van der Waals surface area contributed by atoms with Gasteiger partial charge in [0.15, 0.2) is 0 Å². The number of alkyl halides is 3. The van der Waals surface area contributed by atoms with E-state index in [-0.39, 0.29) is 5.00 Å². The summed E-state index contributed by atoms with van der Waals surface area (Å²) in [5.74, 6) is -1.93. The summed E-state index contributed by atoms with van der Waals surface area (Å²) >= 11 is 1.06. The molecule has 2 nitrogen and oxygen atoms in total. The summed E-state index contributed by atoms with van der Waals surface area (Å²) in [5, 5.41) is 3.64. The van der Waals surface area contributed by atoms with Crippen LogP contribution in [0.4, 0.5) is 18.2 Å². The Labute approximate surface area is 76.4 Å². The van der Waals surface area contributed by atoms with E-state index in [9.17, 15) is 18.0 Å². The van der Waals surface area contributed by atoms with Crippen molar-refractivity contribution in [3.05, 3.63) is 17.0 Å². The third-order valence-corrected chi connectivity index (χ3v) is 2.28. The van der Waals surface area contributed by atoms with Gasteiger partial charge in [-0.25, -0.2) is 0 Å². The molecule has 6 heteroatoms. The van der Waals surface area contributed by atoms with Crippen LogP contribution in [0.1, 0.15) is 5.56 Å².